The molecule has 0 aliphatic heterocycles. The Kier molecular flexibility index (Phi) is 4.38. The van der Waals surface area contributed by atoms with Crippen molar-refractivity contribution in [3.63, 3.8) is 0 Å². The van der Waals surface area contributed by atoms with Gasteiger partial charge in [-0.2, -0.15) is 0 Å². The van der Waals surface area contributed by atoms with E-state index in [9.17, 15) is 0 Å². The zero-order valence-corrected chi connectivity index (χ0v) is 13.0. The van der Waals surface area contributed by atoms with Gasteiger partial charge in [0.15, 0.2) is 0 Å². The Hall–Kier alpha value is -1.90. The third-order valence-electron chi connectivity index (χ3n) is 3.44. The summed E-state index contributed by atoms with van der Waals surface area (Å²) in [5.41, 5.74) is 4.80. The SMILES string of the molecule is CNc1nc(Cc2cccc(C)c2)nc(C)c1C(C)C. The molecule has 1 heterocycles. The highest BCUT2D eigenvalue weighted by atomic mass is 15.0. The standard InChI is InChI=1S/C17H23N3/c1-11(2)16-13(4)19-15(20-17(16)18-5)10-14-8-6-7-12(3)9-14/h6-9,11H,10H2,1-5H3,(H,18,19,20). The molecule has 0 unspecified atom stereocenters. The molecule has 0 atom stereocenters. The summed E-state index contributed by atoms with van der Waals surface area (Å²) in [5.74, 6) is 2.25. The van der Waals surface area contributed by atoms with Gasteiger partial charge in [0.1, 0.15) is 11.6 Å². The van der Waals surface area contributed by atoms with Crippen LogP contribution in [0.5, 0.6) is 0 Å². The maximum Gasteiger partial charge on any atom is 0.135 e. The molecule has 0 fully saturated rings. The first kappa shape index (κ1) is 14.5. The molecule has 20 heavy (non-hydrogen) atoms. The Morgan fingerprint density at radius 1 is 1.15 bits per heavy atom. The quantitative estimate of drug-likeness (QED) is 0.916. The summed E-state index contributed by atoms with van der Waals surface area (Å²) in [7, 11) is 1.92. The number of hydrogen-bond donors (Lipinski definition) is 1. The number of hydrogen-bond acceptors (Lipinski definition) is 3. The molecule has 3 nitrogen and oxygen atoms in total. The summed E-state index contributed by atoms with van der Waals surface area (Å²) in [6.07, 6.45) is 0.773. The largest absolute Gasteiger partial charge is 0.373 e. The van der Waals surface area contributed by atoms with Crippen LogP contribution in [0.3, 0.4) is 0 Å². The molecule has 1 N–H and O–H groups in total. The Balaban J connectivity index is 2.36. The second-order valence-corrected chi connectivity index (χ2v) is 5.56. The third-order valence-corrected chi connectivity index (χ3v) is 3.44. The van der Waals surface area contributed by atoms with Gasteiger partial charge in [-0.1, -0.05) is 43.7 Å². The highest BCUT2D eigenvalue weighted by Crippen LogP contribution is 2.25. The highest BCUT2D eigenvalue weighted by Gasteiger charge is 2.14. The first-order chi connectivity index (χ1) is 9.51. The van der Waals surface area contributed by atoms with Crippen LogP contribution in [0, 0.1) is 13.8 Å². The molecule has 106 valence electrons. The lowest BCUT2D eigenvalue weighted by atomic mass is 10.0. The normalized spacial score (nSPS) is 10.9. The van der Waals surface area contributed by atoms with Crippen molar-refractivity contribution in [3.05, 3.63) is 52.5 Å². The lowest BCUT2D eigenvalue weighted by Gasteiger charge is -2.15. The van der Waals surface area contributed by atoms with Crippen LogP contribution in [-0.4, -0.2) is 17.0 Å². The number of aromatic nitrogens is 2. The van der Waals surface area contributed by atoms with Crippen LogP contribution >= 0.6 is 0 Å². The molecule has 0 amide bonds. The van der Waals surface area contributed by atoms with Gasteiger partial charge in [0.2, 0.25) is 0 Å². The topological polar surface area (TPSA) is 37.8 Å². The number of anilines is 1. The lowest BCUT2D eigenvalue weighted by molar-refractivity contribution is 0.814. The maximum atomic E-state index is 4.68. The summed E-state index contributed by atoms with van der Waals surface area (Å²) >= 11 is 0. The van der Waals surface area contributed by atoms with E-state index >= 15 is 0 Å². The van der Waals surface area contributed by atoms with E-state index in [1.807, 2.05) is 7.05 Å². The van der Waals surface area contributed by atoms with Crippen molar-refractivity contribution in [3.8, 4) is 0 Å². The van der Waals surface area contributed by atoms with E-state index in [0.717, 1.165) is 23.8 Å². The van der Waals surface area contributed by atoms with Gasteiger partial charge in [-0.25, -0.2) is 9.97 Å². The van der Waals surface area contributed by atoms with E-state index in [0.29, 0.717) is 5.92 Å². The first-order valence-electron chi connectivity index (χ1n) is 7.12. The van der Waals surface area contributed by atoms with Crippen LogP contribution in [0.15, 0.2) is 24.3 Å². The molecule has 0 aliphatic carbocycles. The fraction of sp³-hybridized carbons (Fsp3) is 0.412. The molecule has 2 aromatic rings. The van der Waals surface area contributed by atoms with Crippen molar-refractivity contribution < 1.29 is 0 Å². The van der Waals surface area contributed by atoms with Crippen LogP contribution in [0.4, 0.5) is 5.82 Å². The number of rotatable bonds is 4. The minimum Gasteiger partial charge on any atom is -0.373 e. The average molecular weight is 269 g/mol. The van der Waals surface area contributed by atoms with Crippen molar-refractivity contribution in [2.24, 2.45) is 0 Å². The summed E-state index contributed by atoms with van der Waals surface area (Å²) in [4.78, 5) is 9.35. The number of nitrogens with zero attached hydrogens (tertiary/aromatic N) is 2. The predicted octanol–water partition coefficient (Wildman–Crippen LogP) is 3.85. The van der Waals surface area contributed by atoms with Crippen molar-refractivity contribution >= 4 is 5.82 Å². The molecule has 0 saturated carbocycles. The van der Waals surface area contributed by atoms with Crippen LogP contribution in [0.2, 0.25) is 0 Å². The summed E-state index contributed by atoms with van der Waals surface area (Å²) in [6.45, 7) is 8.52. The fourth-order valence-electron chi connectivity index (χ4n) is 2.60. The Bertz CT molecular complexity index is 603. The molecule has 0 saturated heterocycles. The highest BCUT2D eigenvalue weighted by molar-refractivity contribution is 5.48. The van der Waals surface area contributed by atoms with Crippen LogP contribution < -0.4 is 5.32 Å². The van der Waals surface area contributed by atoms with Crippen molar-refractivity contribution in [1.29, 1.82) is 0 Å². The number of nitrogens with one attached hydrogen (secondary N) is 1. The Morgan fingerprint density at radius 2 is 1.90 bits per heavy atom. The molecule has 2 rings (SSSR count). The fourth-order valence-corrected chi connectivity index (χ4v) is 2.60. The van der Waals surface area contributed by atoms with E-state index in [2.05, 4.69) is 67.2 Å². The first-order valence-corrected chi connectivity index (χ1v) is 7.12. The van der Waals surface area contributed by atoms with Gasteiger partial charge in [0.25, 0.3) is 0 Å². The van der Waals surface area contributed by atoms with Crippen molar-refractivity contribution in [1.82, 2.24) is 9.97 Å². The monoisotopic (exact) mass is 269 g/mol. The summed E-state index contributed by atoms with van der Waals surface area (Å²) < 4.78 is 0. The summed E-state index contributed by atoms with van der Waals surface area (Å²) in [6, 6.07) is 8.50. The average Bonchev–Trinajstić information content (AvgIpc) is 2.37. The van der Waals surface area contributed by atoms with E-state index in [4.69, 9.17) is 0 Å². The van der Waals surface area contributed by atoms with Crippen LogP contribution in [0.25, 0.3) is 0 Å². The van der Waals surface area contributed by atoms with Crippen LogP contribution in [0.1, 0.15) is 48.0 Å². The van der Waals surface area contributed by atoms with Gasteiger partial charge in [-0.3, -0.25) is 0 Å². The van der Waals surface area contributed by atoms with E-state index in [1.165, 1.54) is 16.7 Å². The van der Waals surface area contributed by atoms with Crippen LogP contribution in [-0.2, 0) is 6.42 Å². The lowest BCUT2D eigenvalue weighted by Crippen LogP contribution is -2.09. The second kappa shape index (κ2) is 6.04. The molecule has 0 spiro atoms. The molecule has 1 aromatic carbocycles. The van der Waals surface area contributed by atoms with Crippen molar-refractivity contribution in [2.75, 3.05) is 12.4 Å². The van der Waals surface area contributed by atoms with Gasteiger partial charge in [-0.05, 0) is 25.3 Å². The van der Waals surface area contributed by atoms with Crippen molar-refractivity contribution in [2.45, 2.75) is 40.0 Å². The second-order valence-electron chi connectivity index (χ2n) is 5.56. The molecular formula is C17H23N3. The van der Waals surface area contributed by atoms with Gasteiger partial charge < -0.3 is 5.32 Å². The Morgan fingerprint density at radius 3 is 2.50 bits per heavy atom. The summed E-state index contributed by atoms with van der Waals surface area (Å²) in [5, 5.41) is 3.20. The smallest absolute Gasteiger partial charge is 0.135 e. The zero-order chi connectivity index (χ0) is 14.7. The Labute approximate surface area is 121 Å². The minimum absolute atomic E-state index is 0.422. The molecule has 3 heteroatoms. The maximum absolute atomic E-state index is 4.68. The molecule has 1 aromatic heterocycles. The van der Waals surface area contributed by atoms with Gasteiger partial charge in [0, 0.05) is 24.7 Å². The van der Waals surface area contributed by atoms with Gasteiger partial charge >= 0.3 is 0 Å². The molecule has 0 radical (unpaired) electrons. The minimum atomic E-state index is 0.422. The molecule has 0 aliphatic rings. The zero-order valence-electron chi connectivity index (χ0n) is 13.0. The van der Waals surface area contributed by atoms with E-state index in [1.54, 1.807) is 0 Å². The predicted molar refractivity (Wildman–Crippen MR) is 84.4 cm³/mol. The number of aryl methyl sites for hydroxylation is 2. The van der Waals surface area contributed by atoms with Gasteiger partial charge in [0.05, 0.1) is 0 Å². The number of benzene rings is 1. The third kappa shape index (κ3) is 3.16. The van der Waals surface area contributed by atoms with Gasteiger partial charge in [-0.15, -0.1) is 0 Å². The van der Waals surface area contributed by atoms with E-state index < -0.39 is 0 Å². The van der Waals surface area contributed by atoms with E-state index in [-0.39, 0.29) is 0 Å². The molecule has 0 bridgehead atoms. The molecular weight excluding hydrogens is 246 g/mol.